The molecule has 0 atom stereocenters. The minimum Gasteiger partial charge on any atom is -0.471 e. The molecule has 2 nitrogen and oxygen atoms in total. The van der Waals surface area contributed by atoms with E-state index in [2.05, 4.69) is 4.98 Å². The van der Waals surface area contributed by atoms with E-state index >= 15 is 0 Å². The van der Waals surface area contributed by atoms with Gasteiger partial charge in [0.2, 0.25) is 0 Å². The minimum atomic E-state index is -0.560. The molecule has 2 aromatic rings. The highest BCUT2D eigenvalue weighted by molar-refractivity contribution is 6.30. The van der Waals surface area contributed by atoms with Crippen LogP contribution in [0.3, 0.4) is 0 Å². The summed E-state index contributed by atoms with van der Waals surface area (Å²) in [4.78, 5) is 3.76. The predicted molar refractivity (Wildman–Crippen MR) is 70.2 cm³/mol. The highest BCUT2D eigenvalue weighted by Gasteiger charge is 2.04. The average molecular weight is 264 g/mol. The molecule has 0 N–H and O–H groups in total. The molecule has 0 radical (unpaired) electrons. The van der Waals surface area contributed by atoms with Gasteiger partial charge in [-0.1, -0.05) is 48.0 Å². The number of aromatic nitrogens is 1. The normalized spacial score (nSPS) is 10.8. The van der Waals surface area contributed by atoms with E-state index in [9.17, 15) is 4.39 Å². The van der Waals surface area contributed by atoms with E-state index in [1.54, 1.807) is 6.08 Å². The first-order valence-electron chi connectivity index (χ1n) is 5.41. The van der Waals surface area contributed by atoms with Gasteiger partial charge in [0.15, 0.2) is 5.82 Å². The number of halogens is 2. The molecule has 0 aliphatic rings. The van der Waals surface area contributed by atoms with E-state index < -0.39 is 5.82 Å². The largest absolute Gasteiger partial charge is 0.471 e. The first-order chi connectivity index (χ1) is 8.75. The highest BCUT2D eigenvalue weighted by Crippen LogP contribution is 2.17. The fraction of sp³-hybridized carbons (Fsp3) is 0.0714. The Labute approximate surface area is 110 Å². The molecule has 0 aliphatic carbocycles. The van der Waals surface area contributed by atoms with Crippen LogP contribution < -0.4 is 4.74 Å². The van der Waals surface area contributed by atoms with Gasteiger partial charge in [0.05, 0.1) is 5.02 Å². The second kappa shape index (κ2) is 6.17. The van der Waals surface area contributed by atoms with Crippen molar-refractivity contribution in [2.75, 3.05) is 6.61 Å². The molecule has 18 heavy (non-hydrogen) atoms. The number of hydrogen-bond donors (Lipinski definition) is 0. The van der Waals surface area contributed by atoms with Gasteiger partial charge in [0, 0.05) is 6.20 Å². The predicted octanol–water partition coefficient (Wildman–Crippen LogP) is 3.97. The van der Waals surface area contributed by atoms with E-state index in [0.717, 1.165) is 5.56 Å². The zero-order valence-corrected chi connectivity index (χ0v) is 10.3. The molecule has 92 valence electrons. The number of pyridine rings is 1. The van der Waals surface area contributed by atoms with Gasteiger partial charge in [0.1, 0.15) is 6.61 Å². The number of rotatable bonds is 4. The molecule has 0 spiro atoms. The van der Waals surface area contributed by atoms with Gasteiger partial charge in [-0.2, -0.15) is 0 Å². The summed E-state index contributed by atoms with van der Waals surface area (Å²) in [5.74, 6) is -0.604. The van der Waals surface area contributed by atoms with Crippen molar-refractivity contribution in [1.82, 2.24) is 4.98 Å². The molecule has 1 heterocycles. The Morgan fingerprint density at radius 1 is 1.28 bits per heavy atom. The maximum absolute atomic E-state index is 13.3. The summed E-state index contributed by atoms with van der Waals surface area (Å²) in [5.41, 5.74) is 1.06. The van der Waals surface area contributed by atoms with Crippen LogP contribution in [0.5, 0.6) is 5.88 Å². The molecule has 0 unspecified atom stereocenters. The monoisotopic (exact) mass is 263 g/mol. The minimum absolute atomic E-state index is 0.0443. The zero-order valence-electron chi connectivity index (χ0n) is 9.51. The van der Waals surface area contributed by atoms with E-state index in [4.69, 9.17) is 16.3 Å². The molecule has 0 fully saturated rings. The first-order valence-corrected chi connectivity index (χ1v) is 5.79. The summed E-state index contributed by atoms with van der Waals surface area (Å²) in [6, 6.07) is 10.9. The molecule has 0 saturated heterocycles. The Balaban J connectivity index is 1.91. The standard InChI is InChI=1S/C14H11ClFNO/c15-12-9-13(16)14(17-10-12)18-8-4-7-11-5-2-1-3-6-11/h1-7,9-10H,8H2. The Morgan fingerprint density at radius 2 is 2.06 bits per heavy atom. The van der Waals surface area contributed by atoms with Crippen LogP contribution in [0.25, 0.3) is 6.08 Å². The summed E-state index contributed by atoms with van der Waals surface area (Å²) in [5, 5.41) is 0.250. The third-order valence-electron chi connectivity index (χ3n) is 2.20. The van der Waals surface area contributed by atoms with Crippen molar-refractivity contribution in [2.45, 2.75) is 0 Å². The fourth-order valence-corrected chi connectivity index (χ4v) is 1.53. The van der Waals surface area contributed by atoms with Crippen molar-refractivity contribution in [3.63, 3.8) is 0 Å². The lowest BCUT2D eigenvalue weighted by Gasteiger charge is -2.02. The first kappa shape index (κ1) is 12.6. The lowest BCUT2D eigenvalue weighted by atomic mass is 10.2. The molecule has 2 rings (SSSR count). The van der Waals surface area contributed by atoms with Gasteiger partial charge >= 0.3 is 0 Å². The van der Waals surface area contributed by atoms with Gasteiger partial charge in [-0.3, -0.25) is 0 Å². The molecule has 4 heteroatoms. The van der Waals surface area contributed by atoms with Crippen LogP contribution in [0, 0.1) is 5.82 Å². The SMILES string of the molecule is Fc1cc(Cl)cnc1OCC=Cc1ccccc1. The highest BCUT2D eigenvalue weighted by atomic mass is 35.5. The Bertz CT molecular complexity index is 543. The van der Waals surface area contributed by atoms with Crippen molar-refractivity contribution in [2.24, 2.45) is 0 Å². The Kier molecular flexibility index (Phi) is 4.31. The number of hydrogen-bond acceptors (Lipinski definition) is 2. The van der Waals surface area contributed by atoms with Crippen LogP contribution in [-0.4, -0.2) is 11.6 Å². The van der Waals surface area contributed by atoms with Gasteiger partial charge in [-0.25, -0.2) is 9.37 Å². The van der Waals surface area contributed by atoms with E-state index in [1.807, 2.05) is 36.4 Å². The van der Waals surface area contributed by atoms with Crippen molar-refractivity contribution in [3.05, 3.63) is 65.1 Å². The summed E-state index contributed by atoms with van der Waals surface area (Å²) < 4.78 is 18.5. The lowest BCUT2D eigenvalue weighted by molar-refractivity contribution is 0.327. The van der Waals surface area contributed by atoms with Gasteiger partial charge in [-0.15, -0.1) is 0 Å². The summed E-state index contributed by atoms with van der Waals surface area (Å²) in [6.45, 7) is 0.250. The van der Waals surface area contributed by atoms with Gasteiger partial charge in [-0.05, 0) is 17.7 Å². The molecule has 0 bridgehead atoms. The average Bonchev–Trinajstić information content (AvgIpc) is 2.38. The van der Waals surface area contributed by atoms with E-state index in [-0.39, 0.29) is 17.5 Å². The second-order valence-electron chi connectivity index (χ2n) is 3.56. The second-order valence-corrected chi connectivity index (χ2v) is 4.00. The van der Waals surface area contributed by atoms with Gasteiger partial charge in [0.25, 0.3) is 5.88 Å². The molecular weight excluding hydrogens is 253 g/mol. The summed E-state index contributed by atoms with van der Waals surface area (Å²) >= 11 is 5.59. The van der Waals surface area contributed by atoms with Crippen molar-refractivity contribution in [3.8, 4) is 5.88 Å². The molecule has 0 saturated carbocycles. The van der Waals surface area contributed by atoms with Crippen LogP contribution in [0.2, 0.25) is 5.02 Å². The van der Waals surface area contributed by atoms with E-state index in [0.29, 0.717) is 0 Å². The van der Waals surface area contributed by atoms with Crippen LogP contribution in [0.4, 0.5) is 4.39 Å². The lowest BCUT2D eigenvalue weighted by Crippen LogP contribution is -1.98. The van der Waals surface area contributed by atoms with Crippen molar-refractivity contribution >= 4 is 17.7 Å². The van der Waals surface area contributed by atoms with Crippen LogP contribution >= 0.6 is 11.6 Å². The topological polar surface area (TPSA) is 22.1 Å². The van der Waals surface area contributed by atoms with Gasteiger partial charge < -0.3 is 4.74 Å². The zero-order chi connectivity index (χ0) is 12.8. The summed E-state index contributed by atoms with van der Waals surface area (Å²) in [6.07, 6.45) is 5.04. The molecule has 0 amide bonds. The third-order valence-corrected chi connectivity index (χ3v) is 2.41. The molecular formula is C14H11ClFNO. The smallest absolute Gasteiger partial charge is 0.250 e. The van der Waals surface area contributed by atoms with Crippen molar-refractivity contribution in [1.29, 1.82) is 0 Å². The molecule has 1 aromatic heterocycles. The third kappa shape index (κ3) is 3.57. The Morgan fingerprint density at radius 3 is 2.78 bits per heavy atom. The van der Waals surface area contributed by atoms with Crippen LogP contribution in [0.15, 0.2) is 48.7 Å². The van der Waals surface area contributed by atoms with E-state index in [1.165, 1.54) is 12.3 Å². The maximum Gasteiger partial charge on any atom is 0.250 e. The number of nitrogens with zero attached hydrogens (tertiary/aromatic N) is 1. The number of benzene rings is 1. The quantitative estimate of drug-likeness (QED) is 0.833. The summed E-state index contributed by atoms with van der Waals surface area (Å²) in [7, 11) is 0. The number of ether oxygens (including phenoxy) is 1. The Hall–Kier alpha value is -1.87. The maximum atomic E-state index is 13.3. The molecule has 1 aromatic carbocycles. The van der Waals surface area contributed by atoms with Crippen LogP contribution in [-0.2, 0) is 0 Å². The van der Waals surface area contributed by atoms with Crippen molar-refractivity contribution < 1.29 is 9.13 Å². The fourth-order valence-electron chi connectivity index (χ4n) is 1.38. The van der Waals surface area contributed by atoms with Crippen LogP contribution in [0.1, 0.15) is 5.56 Å². The molecule has 0 aliphatic heterocycles.